The molecule has 0 radical (unpaired) electrons. The number of rotatable bonds is 3. The molecular formula is C38H25N4+. The van der Waals surface area contributed by atoms with E-state index in [-0.39, 0.29) is 6.04 Å². The molecule has 0 N–H and O–H groups in total. The van der Waals surface area contributed by atoms with E-state index in [2.05, 4.69) is 143 Å². The van der Waals surface area contributed by atoms with E-state index >= 15 is 0 Å². The van der Waals surface area contributed by atoms with Gasteiger partial charge in [0.05, 0.1) is 11.4 Å². The highest BCUT2D eigenvalue weighted by molar-refractivity contribution is 6.23. The molecule has 4 heteroatoms. The number of allylic oxidation sites excluding steroid dienone is 2. The zero-order valence-electron chi connectivity index (χ0n) is 22.7. The number of fused-ring (bicyclic) bond motifs is 4. The highest BCUT2D eigenvalue weighted by Crippen LogP contribution is 2.51. The van der Waals surface area contributed by atoms with E-state index in [9.17, 15) is 0 Å². The third kappa shape index (κ3) is 3.32. The molecule has 3 heterocycles. The Hall–Kier alpha value is -5.61. The van der Waals surface area contributed by atoms with E-state index in [4.69, 9.17) is 9.97 Å². The molecule has 3 aliphatic rings. The smallest absolute Gasteiger partial charge is 0.323 e. The lowest BCUT2D eigenvalue weighted by Gasteiger charge is -2.44. The highest BCUT2D eigenvalue weighted by Gasteiger charge is 2.44. The molecule has 196 valence electrons. The molecule has 6 aromatic rings. The average Bonchev–Trinajstić information content (AvgIpc) is 3.07. The first-order chi connectivity index (χ1) is 20.8. The van der Waals surface area contributed by atoms with E-state index < -0.39 is 0 Å². The van der Waals surface area contributed by atoms with E-state index in [0.29, 0.717) is 5.95 Å². The molecule has 2 aliphatic heterocycles. The fourth-order valence-corrected chi connectivity index (χ4v) is 6.74. The standard InChI is InChI=1S/C38H25N4/c1-3-12-25(13-4-1)30-24-31(26-14-5-2-6-15-26)40-38(39-30)42-33-21-8-7-20-32(33)41-34-22-10-17-27-16-9-18-28(36(27)34)29-19-11-23-35(42)37(29)41/h1-24,37H/q+1. The number of hydrogen-bond donors (Lipinski definition) is 0. The van der Waals surface area contributed by atoms with Gasteiger partial charge < -0.3 is 4.90 Å². The fraction of sp³-hybridized carbons (Fsp3) is 0.0263. The van der Waals surface area contributed by atoms with E-state index in [0.717, 1.165) is 39.6 Å². The normalized spacial score (nSPS) is 16.2. The molecule has 1 atom stereocenters. The Bertz CT molecular complexity index is 2080. The molecule has 0 bridgehead atoms. The minimum Gasteiger partial charge on any atom is -0.323 e. The predicted octanol–water partition coefficient (Wildman–Crippen LogP) is 8.73. The van der Waals surface area contributed by atoms with Crippen LogP contribution in [0, 0.1) is 0 Å². The lowest BCUT2D eigenvalue weighted by molar-refractivity contribution is 0.868. The maximum Gasteiger partial charge on any atom is 0.439 e. The van der Waals surface area contributed by atoms with Crippen molar-refractivity contribution in [2.45, 2.75) is 6.04 Å². The van der Waals surface area contributed by atoms with Gasteiger partial charge in [0.2, 0.25) is 0 Å². The van der Waals surface area contributed by atoms with Gasteiger partial charge in [-0.25, -0.2) is 0 Å². The third-order valence-electron chi connectivity index (χ3n) is 8.52. The Kier molecular flexibility index (Phi) is 4.93. The zero-order valence-corrected chi connectivity index (χ0v) is 22.7. The number of benzene rings is 5. The molecule has 0 spiro atoms. The summed E-state index contributed by atoms with van der Waals surface area (Å²) in [5, 5.41) is 2.56. The molecule has 5 aromatic carbocycles. The van der Waals surface area contributed by atoms with E-state index in [1.165, 1.54) is 27.6 Å². The summed E-state index contributed by atoms with van der Waals surface area (Å²) in [6.07, 6.45) is 6.67. The Morgan fingerprint density at radius 3 is 2.00 bits per heavy atom. The Morgan fingerprint density at radius 1 is 0.619 bits per heavy atom. The van der Waals surface area contributed by atoms with Crippen LogP contribution in [0.3, 0.4) is 0 Å². The van der Waals surface area contributed by atoms with Crippen LogP contribution in [0.15, 0.2) is 146 Å². The van der Waals surface area contributed by atoms with Gasteiger partial charge in [-0.1, -0.05) is 125 Å². The van der Waals surface area contributed by atoms with Gasteiger partial charge in [-0.15, -0.1) is 0 Å². The van der Waals surface area contributed by atoms with Crippen LogP contribution >= 0.6 is 0 Å². The first-order valence-corrected chi connectivity index (χ1v) is 14.3. The number of nitrogens with zero attached hydrogens (tertiary/aromatic N) is 4. The largest absolute Gasteiger partial charge is 0.439 e. The zero-order chi connectivity index (χ0) is 27.6. The van der Waals surface area contributed by atoms with Gasteiger partial charge in [0, 0.05) is 22.6 Å². The number of para-hydroxylation sites is 2. The van der Waals surface area contributed by atoms with Gasteiger partial charge in [0.25, 0.3) is 0 Å². The topological polar surface area (TPSA) is 32.0 Å². The highest BCUT2D eigenvalue weighted by atomic mass is 15.3. The van der Waals surface area contributed by atoms with Crippen molar-refractivity contribution < 1.29 is 0 Å². The van der Waals surface area contributed by atoms with Crippen LogP contribution in [0.1, 0.15) is 5.56 Å². The van der Waals surface area contributed by atoms with Crippen molar-refractivity contribution in [2.75, 3.05) is 4.90 Å². The molecule has 42 heavy (non-hydrogen) atoms. The summed E-state index contributed by atoms with van der Waals surface area (Å²) in [4.78, 5) is 13.0. The van der Waals surface area contributed by atoms with E-state index in [1.54, 1.807) is 0 Å². The number of aromatic nitrogens is 2. The molecular weight excluding hydrogens is 512 g/mol. The van der Waals surface area contributed by atoms with Crippen molar-refractivity contribution in [2.24, 2.45) is 0 Å². The van der Waals surface area contributed by atoms with Crippen LogP contribution in [-0.4, -0.2) is 21.7 Å². The van der Waals surface area contributed by atoms with Crippen LogP contribution < -0.4 is 9.48 Å². The van der Waals surface area contributed by atoms with Crippen LogP contribution in [0.25, 0.3) is 38.9 Å². The van der Waals surface area contributed by atoms with Crippen molar-refractivity contribution in [1.82, 2.24) is 14.5 Å². The van der Waals surface area contributed by atoms with Gasteiger partial charge in [0.1, 0.15) is 17.4 Å². The molecule has 4 nitrogen and oxygen atoms in total. The summed E-state index contributed by atoms with van der Waals surface area (Å²) >= 11 is 0. The van der Waals surface area contributed by atoms with E-state index in [1.807, 2.05) is 12.1 Å². The first-order valence-electron chi connectivity index (χ1n) is 14.3. The molecule has 9 rings (SSSR count). The SMILES string of the molecule is C1=CC2=[N+](c3nc(-c4ccccc4)cc(-c4ccccc4)n3)c3ccccc3N3c4cccc5cccc(c45)C(=C1)C23. The minimum absolute atomic E-state index is 0.00504. The molecule has 0 saturated carbocycles. The lowest BCUT2D eigenvalue weighted by atomic mass is 9.81. The lowest BCUT2D eigenvalue weighted by Crippen LogP contribution is -2.48. The van der Waals surface area contributed by atoms with Gasteiger partial charge >= 0.3 is 5.95 Å². The average molecular weight is 538 g/mol. The third-order valence-corrected chi connectivity index (χ3v) is 8.52. The second kappa shape index (κ2) is 8.95. The van der Waals surface area contributed by atoms with Gasteiger partial charge in [0.15, 0.2) is 11.4 Å². The Labute approximate surface area is 243 Å². The molecule has 0 amide bonds. The number of hydrogen-bond acceptors (Lipinski definition) is 3. The summed E-state index contributed by atoms with van der Waals surface area (Å²) in [5.41, 5.74) is 11.1. The van der Waals surface area contributed by atoms with Gasteiger partial charge in [-0.05, 0) is 40.8 Å². The van der Waals surface area contributed by atoms with Crippen LogP contribution in [0.5, 0.6) is 0 Å². The summed E-state index contributed by atoms with van der Waals surface area (Å²) in [7, 11) is 0. The second-order valence-electron chi connectivity index (χ2n) is 10.9. The Morgan fingerprint density at radius 2 is 1.26 bits per heavy atom. The van der Waals surface area contributed by atoms with Crippen LogP contribution in [0.2, 0.25) is 0 Å². The summed E-state index contributed by atoms with van der Waals surface area (Å²) in [5.74, 6) is 0.667. The van der Waals surface area contributed by atoms with Crippen LogP contribution in [0.4, 0.5) is 23.0 Å². The minimum atomic E-state index is -0.00504. The van der Waals surface area contributed by atoms with Crippen LogP contribution in [-0.2, 0) is 0 Å². The maximum atomic E-state index is 5.24. The molecule has 1 aromatic heterocycles. The quantitative estimate of drug-likeness (QED) is 0.212. The van der Waals surface area contributed by atoms with Crippen molar-refractivity contribution in [3.8, 4) is 22.5 Å². The molecule has 1 unspecified atom stereocenters. The maximum absolute atomic E-state index is 5.24. The summed E-state index contributed by atoms with van der Waals surface area (Å²) < 4.78 is 2.27. The molecule has 1 aliphatic carbocycles. The molecule has 0 fully saturated rings. The second-order valence-corrected chi connectivity index (χ2v) is 10.9. The molecule has 0 saturated heterocycles. The van der Waals surface area contributed by atoms with Crippen molar-refractivity contribution in [3.05, 3.63) is 151 Å². The van der Waals surface area contributed by atoms with Gasteiger partial charge in [-0.2, -0.15) is 4.58 Å². The fourth-order valence-electron chi connectivity index (χ4n) is 6.74. The van der Waals surface area contributed by atoms with Crippen molar-refractivity contribution in [3.63, 3.8) is 0 Å². The van der Waals surface area contributed by atoms with Crippen molar-refractivity contribution >= 4 is 45.1 Å². The Balaban J connectivity index is 1.35. The number of anilines is 2. The summed E-state index contributed by atoms with van der Waals surface area (Å²) in [6.45, 7) is 0. The monoisotopic (exact) mass is 537 g/mol. The summed E-state index contributed by atoms with van der Waals surface area (Å²) in [6, 6.07) is 44.8. The first kappa shape index (κ1) is 23.1. The van der Waals surface area contributed by atoms with Gasteiger partial charge in [-0.3, -0.25) is 0 Å². The predicted molar refractivity (Wildman–Crippen MR) is 173 cm³/mol. The van der Waals surface area contributed by atoms with Crippen molar-refractivity contribution in [1.29, 1.82) is 0 Å².